The van der Waals surface area contributed by atoms with Gasteiger partial charge in [-0.1, -0.05) is 18.2 Å². The van der Waals surface area contributed by atoms with E-state index in [0.29, 0.717) is 0 Å². The van der Waals surface area contributed by atoms with Gasteiger partial charge in [0, 0.05) is 36.2 Å². The topological polar surface area (TPSA) is 37.2 Å². The van der Waals surface area contributed by atoms with Crippen molar-refractivity contribution in [3.63, 3.8) is 0 Å². The Hall–Kier alpha value is -1.03. The summed E-state index contributed by atoms with van der Waals surface area (Å²) in [7, 11) is 2.06. The zero-order valence-corrected chi connectivity index (χ0v) is 11.9. The molecule has 0 fully saturated rings. The number of benzene rings is 1. The quantitative estimate of drug-likeness (QED) is 0.894. The van der Waals surface area contributed by atoms with Crippen LogP contribution in [0.3, 0.4) is 0 Å². The van der Waals surface area contributed by atoms with E-state index in [1.165, 1.54) is 16.5 Å². The van der Waals surface area contributed by atoms with Gasteiger partial charge in [-0.15, -0.1) is 12.4 Å². The molecule has 0 bridgehead atoms. The van der Waals surface area contributed by atoms with Gasteiger partial charge in [0.25, 0.3) is 0 Å². The predicted octanol–water partition coefficient (Wildman–Crippen LogP) is 2.46. The van der Waals surface area contributed by atoms with E-state index in [-0.39, 0.29) is 24.6 Å². The maximum Gasteiger partial charge on any atom is 0.0607 e. The van der Waals surface area contributed by atoms with Gasteiger partial charge in [0.1, 0.15) is 0 Å². The summed E-state index contributed by atoms with van der Waals surface area (Å²) in [5, 5.41) is 13.9. The maximum atomic E-state index is 9.22. The number of halogens is 1. The fraction of sp³-hybridized carbons (Fsp3) is 0.429. The molecule has 4 heteroatoms. The molecule has 2 aromatic rings. The highest BCUT2D eigenvalue weighted by Crippen LogP contribution is 2.20. The second-order valence-electron chi connectivity index (χ2n) is 5.18. The summed E-state index contributed by atoms with van der Waals surface area (Å²) < 4.78 is 2.14. The smallest absolute Gasteiger partial charge is 0.0607 e. The minimum absolute atomic E-state index is 0. The van der Waals surface area contributed by atoms with Crippen molar-refractivity contribution in [3.8, 4) is 0 Å². The average molecular weight is 269 g/mol. The normalized spacial score (nSPS) is 11.6. The average Bonchev–Trinajstić information content (AvgIpc) is 2.65. The van der Waals surface area contributed by atoms with Crippen LogP contribution in [0.4, 0.5) is 0 Å². The van der Waals surface area contributed by atoms with Crippen LogP contribution in [0.5, 0.6) is 0 Å². The maximum absolute atomic E-state index is 9.22. The number of para-hydroxylation sites is 1. The van der Waals surface area contributed by atoms with E-state index in [4.69, 9.17) is 0 Å². The van der Waals surface area contributed by atoms with Crippen LogP contribution in [-0.2, 0) is 13.6 Å². The monoisotopic (exact) mass is 268 g/mol. The SMILES string of the molecule is Cl.Cn1cc(CNC(C)(C)CO)c2ccccc21. The third kappa shape index (κ3) is 3.05. The highest BCUT2D eigenvalue weighted by atomic mass is 35.5. The lowest BCUT2D eigenvalue weighted by Gasteiger charge is -2.23. The lowest BCUT2D eigenvalue weighted by atomic mass is 10.1. The van der Waals surface area contributed by atoms with Crippen LogP contribution in [0.2, 0.25) is 0 Å². The molecule has 1 heterocycles. The van der Waals surface area contributed by atoms with Crippen LogP contribution in [0.1, 0.15) is 19.4 Å². The van der Waals surface area contributed by atoms with Gasteiger partial charge in [-0.3, -0.25) is 0 Å². The number of nitrogens with one attached hydrogen (secondary N) is 1. The second kappa shape index (κ2) is 5.74. The van der Waals surface area contributed by atoms with E-state index in [1.807, 2.05) is 13.8 Å². The van der Waals surface area contributed by atoms with Gasteiger partial charge in [-0.2, -0.15) is 0 Å². The van der Waals surface area contributed by atoms with E-state index < -0.39 is 0 Å². The van der Waals surface area contributed by atoms with Gasteiger partial charge >= 0.3 is 0 Å². The number of aliphatic hydroxyl groups is 1. The Labute approximate surface area is 114 Å². The van der Waals surface area contributed by atoms with Crippen molar-refractivity contribution < 1.29 is 5.11 Å². The number of nitrogens with zero attached hydrogens (tertiary/aromatic N) is 1. The number of hydrogen-bond donors (Lipinski definition) is 2. The molecule has 0 saturated carbocycles. The van der Waals surface area contributed by atoms with Crippen molar-refractivity contribution in [3.05, 3.63) is 36.0 Å². The predicted molar refractivity (Wildman–Crippen MR) is 78.2 cm³/mol. The summed E-state index contributed by atoms with van der Waals surface area (Å²) in [6, 6.07) is 8.37. The fourth-order valence-electron chi connectivity index (χ4n) is 1.96. The summed E-state index contributed by atoms with van der Waals surface area (Å²) in [6.07, 6.45) is 2.14. The van der Waals surface area contributed by atoms with Gasteiger partial charge in [0.15, 0.2) is 0 Å². The van der Waals surface area contributed by atoms with Crippen LogP contribution in [0.25, 0.3) is 10.9 Å². The summed E-state index contributed by atoms with van der Waals surface area (Å²) >= 11 is 0. The lowest BCUT2D eigenvalue weighted by Crippen LogP contribution is -2.42. The van der Waals surface area contributed by atoms with E-state index >= 15 is 0 Å². The molecule has 0 aliphatic carbocycles. The van der Waals surface area contributed by atoms with E-state index in [1.54, 1.807) is 0 Å². The minimum atomic E-state index is -0.239. The van der Waals surface area contributed by atoms with Crippen LogP contribution in [0, 0.1) is 0 Å². The minimum Gasteiger partial charge on any atom is -0.394 e. The largest absolute Gasteiger partial charge is 0.394 e. The highest BCUT2D eigenvalue weighted by molar-refractivity contribution is 5.85. The number of aliphatic hydroxyl groups excluding tert-OH is 1. The number of aryl methyl sites for hydroxylation is 1. The molecular formula is C14H21ClN2O. The van der Waals surface area contributed by atoms with Gasteiger partial charge in [-0.25, -0.2) is 0 Å². The number of aromatic nitrogens is 1. The van der Waals surface area contributed by atoms with E-state index in [0.717, 1.165) is 6.54 Å². The molecule has 100 valence electrons. The molecule has 0 amide bonds. The first-order valence-corrected chi connectivity index (χ1v) is 5.92. The Morgan fingerprint density at radius 1 is 1.28 bits per heavy atom. The van der Waals surface area contributed by atoms with Gasteiger partial charge in [0.05, 0.1) is 6.61 Å². The van der Waals surface area contributed by atoms with E-state index in [2.05, 4.69) is 47.4 Å². The molecule has 2 rings (SSSR count). The molecular weight excluding hydrogens is 248 g/mol. The second-order valence-corrected chi connectivity index (χ2v) is 5.18. The molecule has 0 unspecified atom stereocenters. The Kier molecular flexibility index (Phi) is 4.79. The summed E-state index contributed by atoms with van der Waals surface area (Å²) in [6.45, 7) is 4.91. The van der Waals surface area contributed by atoms with Gasteiger partial charge in [0.2, 0.25) is 0 Å². The van der Waals surface area contributed by atoms with Crippen molar-refractivity contribution in [2.24, 2.45) is 7.05 Å². The van der Waals surface area contributed by atoms with Crippen molar-refractivity contribution >= 4 is 23.3 Å². The molecule has 0 atom stereocenters. The van der Waals surface area contributed by atoms with Crippen LogP contribution < -0.4 is 5.32 Å². The fourth-order valence-corrected chi connectivity index (χ4v) is 1.96. The Morgan fingerprint density at radius 2 is 1.94 bits per heavy atom. The summed E-state index contributed by atoms with van der Waals surface area (Å²) in [5.41, 5.74) is 2.27. The number of rotatable bonds is 4. The van der Waals surface area contributed by atoms with Crippen molar-refractivity contribution in [2.45, 2.75) is 25.9 Å². The molecule has 0 aliphatic rings. The first-order valence-electron chi connectivity index (χ1n) is 5.92. The molecule has 1 aromatic carbocycles. The molecule has 2 N–H and O–H groups in total. The molecule has 0 aliphatic heterocycles. The Bertz CT molecular complexity index is 519. The molecule has 0 saturated heterocycles. The summed E-state index contributed by atoms with van der Waals surface area (Å²) in [5.74, 6) is 0. The molecule has 0 radical (unpaired) electrons. The standard InChI is InChI=1S/C14H20N2O.ClH/c1-14(2,10-17)15-8-11-9-16(3)13-7-5-4-6-12(11)13;/h4-7,9,15,17H,8,10H2,1-3H3;1H. The van der Waals surface area contributed by atoms with Gasteiger partial charge < -0.3 is 15.0 Å². The first-order chi connectivity index (χ1) is 8.03. The van der Waals surface area contributed by atoms with Gasteiger partial charge in [-0.05, 0) is 25.5 Å². The summed E-state index contributed by atoms with van der Waals surface area (Å²) in [4.78, 5) is 0. The van der Waals surface area contributed by atoms with Crippen LogP contribution in [-0.4, -0.2) is 21.8 Å². The molecule has 1 aromatic heterocycles. The zero-order valence-electron chi connectivity index (χ0n) is 11.1. The molecule has 3 nitrogen and oxygen atoms in total. The molecule has 0 spiro atoms. The number of hydrogen-bond acceptors (Lipinski definition) is 2. The third-order valence-corrected chi connectivity index (χ3v) is 3.13. The van der Waals surface area contributed by atoms with Crippen molar-refractivity contribution in [1.29, 1.82) is 0 Å². The third-order valence-electron chi connectivity index (χ3n) is 3.13. The Morgan fingerprint density at radius 3 is 2.61 bits per heavy atom. The zero-order chi connectivity index (χ0) is 12.5. The van der Waals surface area contributed by atoms with Crippen LogP contribution >= 0.6 is 12.4 Å². The van der Waals surface area contributed by atoms with Crippen molar-refractivity contribution in [1.82, 2.24) is 9.88 Å². The lowest BCUT2D eigenvalue weighted by molar-refractivity contribution is 0.187. The van der Waals surface area contributed by atoms with Crippen LogP contribution in [0.15, 0.2) is 30.5 Å². The first kappa shape index (κ1) is 15.0. The number of fused-ring (bicyclic) bond motifs is 1. The Balaban J connectivity index is 0.00000162. The highest BCUT2D eigenvalue weighted by Gasteiger charge is 2.16. The van der Waals surface area contributed by atoms with Crippen molar-refractivity contribution in [2.75, 3.05) is 6.61 Å². The molecule has 18 heavy (non-hydrogen) atoms. The van der Waals surface area contributed by atoms with E-state index in [9.17, 15) is 5.11 Å².